The van der Waals surface area contributed by atoms with Crippen LogP contribution in [0.3, 0.4) is 0 Å². The molecule has 8 heteroatoms. The van der Waals surface area contributed by atoms with Gasteiger partial charge in [0.15, 0.2) is 0 Å². The van der Waals surface area contributed by atoms with Crippen LogP contribution in [-0.4, -0.2) is 32.2 Å². The number of rotatable bonds is 5. The molecule has 2 aliphatic rings. The first-order valence-corrected chi connectivity index (χ1v) is 11.2. The van der Waals surface area contributed by atoms with Crippen LogP contribution in [0.4, 0.5) is 8.78 Å². The summed E-state index contributed by atoms with van der Waals surface area (Å²) >= 11 is 0. The van der Waals surface area contributed by atoms with Gasteiger partial charge < -0.3 is 11.1 Å². The molecular weight excluding hydrogens is 410 g/mol. The van der Waals surface area contributed by atoms with Crippen LogP contribution in [0.1, 0.15) is 49.7 Å². The van der Waals surface area contributed by atoms with Gasteiger partial charge in [-0.25, -0.2) is 17.8 Å². The third kappa shape index (κ3) is 3.89. The minimum atomic E-state index is -2.31. The number of hydrogen-bond donors (Lipinski definition) is 2. The van der Waals surface area contributed by atoms with E-state index >= 15 is 0 Å². The summed E-state index contributed by atoms with van der Waals surface area (Å²) in [5, 5.41) is 11.4. The van der Waals surface area contributed by atoms with E-state index in [-0.39, 0.29) is 17.6 Å². The second-order valence-corrected chi connectivity index (χ2v) is 8.95. The number of aromatic nitrogens is 4. The average Bonchev–Trinajstić information content (AvgIpc) is 3.39. The van der Waals surface area contributed by atoms with E-state index in [2.05, 4.69) is 33.8 Å². The molecule has 2 aliphatic carbocycles. The van der Waals surface area contributed by atoms with Crippen molar-refractivity contribution in [2.24, 2.45) is 5.73 Å². The van der Waals surface area contributed by atoms with Crippen molar-refractivity contribution in [3.05, 3.63) is 72.3 Å². The fraction of sp³-hybridized carbons (Fsp3) is 0.417. The fourth-order valence-corrected chi connectivity index (χ4v) is 4.62. The quantitative estimate of drug-likeness (QED) is 0.489. The van der Waals surface area contributed by atoms with Gasteiger partial charge in [-0.2, -0.15) is 10.2 Å². The number of halogens is 2. The number of pyridine rings is 2. The molecular formula is C24H28F2N6. The van der Waals surface area contributed by atoms with Gasteiger partial charge in [0.2, 0.25) is 0 Å². The van der Waals surface area contributed by atoms with Gasteiger partial charge in [0.1, 0.15) is 0 Å². The molecule has 0 aliphatic heterocycles. The van der Waals surface area contributed by atoms with E-state index in [9.17, 15) is 8.78 Å². The zero-order valence-corrected chi connectivity index (χ0v) is 17.9. The molecule has 2 saturated carbocycles. The van der Waals surface area contributed by atoms with E-state index in [0.717, 1.165) is 48.7 Å². The van der Waals surface area contributed by atoms with Crippen LogP contribution in [0.25, 0.3) is 11.0 Å². The third-order valence-electron chi connectivity index (χ3n) is 6.97. The van der Waals surface area contributed by atoms with E-state index < -0.39 is 6.43 Å². The highest BCUT2D eigenvalue weighted by Gasteiger charge is 2.39. The van der Waals surface area contributed by atoms with Gasteiger partial charge in [-0.1, -0.05) is 12.1 Å². The molecule has 0 atom stereocenters. The summed E-state index contributed by atoms with van der Waals surface area (Å²) in [6.45, 7) is -0.253. The van der Waals surface area contributed by atoms with E-state index in [1.807, 2.05) is 41.2 Å². The lowest BCUT2D eigenvalue weighted by Crippen LogP contribution is -2.49. The zero-order chi connectivity index (χ0) is 22.2. The van der Waals surface area contributed by atoms with E-state index in [4.69, 9.17) is 5.73 Å². The molecule has 2 fully saturated rings. The molecule has 32 heavy (non-hydrogen) atoms. The Kier molecular flexibility index (Phi) is 5.43. The lowest BCUT2D eigenvalue weighted by atomic mass is 9.72. The van der Waals surface area contributed by atoms with Crippen molar-refractivity contribution >= 4 is 11.0 Å². The Bertz CT molecular complexity index is 1210. The summed E-state index contributed by atoms with van der Waals surface area (Å²) < 4.78 is 28.4. The molecule has 3 N–H and O–H groups in total. The molecule has 4 aromatic heterocycles. The van der Waals surface area contributed by atoms with Gasteiger partial charge in [-0.15, -0.1) is 0 Å². The van der Waals surface area contributed by atoms with Crippen molar-refractivity contribution in [1.29, 1.82) is 0 Å². The first-order valence-electron chi connectivity index (χ1n) is 11.2. The molecule has 0 bridgehead atoms. The average molecular weight is 439 g/mol. The number of nitrogens with zero attached hydrogens (tertiary/aromatic N) is 4. The number of nitrogens with one attached hydrogen (secondary N) is 1. The smallest absolute Gasteiger partial charge is 0.250 e. The summed E-state index contributed by atoms with van der Waals surface area (Å²) in [5.41, 5.74) is 10.3. The van der Waals surface area contributed by atoms with E-state index in [1.54, 1.807) is 10.7 Å². The summed E-state index contributed by atoms with van der Waals surface area (Å²) in [4.78, 5) is 0. The van der Waals surface area contributed by atoms with Crippen molar-refractivity contribution in [2.45, 2.75) is 56.0 Å². The van der Waals surface area contributed by atoms with Gasteiger partial charge in [0.25, 0.3) is 6.43 Å². The second kappa shape index (κ2) is 8.26. The molecule has 4 aromatic rings. The summed E-state index contributed by atoms with van der Waals surface area (Å²) in [6, 6.07) is 12.1. The SMILES string of the molecule is FC(F)CNC1(c2ccc3ccnn3c2)CCC1.NC1(c2ccc3ccnn3c2)CCC1. The van der Waals surface area contributed by atoms with Crippen molar-refractivity contribution < 1.29 is 8.78 Å². The third-order valence-corrected chi connectivity index (χ3v) is 6.97. The molecule has 0 unspecified atom stereocenters. The molecule has 6 rings (SSSR count). The normalized spacial score (nSPS) is 18.8. The van der Waals surface area contributed by atoms with Crippen molar-refractivity contribution in [2.75, 3.05) is 6.54 Å². The Hall–Kier alpha value is -2.84. The highest BCUT2D eigenvalue weighted by Crippen LogP contribution is 2.41. The summed E-state index contributed by atoms with van der Waals surface area (Å²) in [6.07, 6.45) is 11.6. The topological polar surface area (TPSA) is 72.7 Å². The number of hydrogen-bond acceptors (Lipinski definition) is 4. The molecule has 0 radical (unpaired) electrons. The molecule has 0 spiro atoms. The Morgan fingerprint density at radius 1 is 0.844 bits per heavy atom. The first kappa shape index (κ1) is 21.0. The molecule has 168 valence electrons. The Labute approximate surface area is 185 Å². The largest absolute Gasteiger partial charge is 0.321 e. The predicted octanol–water partition coefficient (Wildman–Crippen LogP) is 4.24. The molecule has 4 heterocycles. The van der Waals surface area contributed by atoms with Gasteiger partial charge in [-0.3, -0.25) is 0 Å². The van der Waals surface area contributed by atoms with Gasteiger partial charge in [-0.05, 0) is 73.9 Å². The van der Waals surface area contributed by atoms with Crippen molar-refractivity contribution in [3.8, 4) is 0 Å². The van der Waals surface area contributed by atoms with Crippen LogP contribution >= 0.6 is 0 Å². The Morgan fingerprint density at radius 3 is 1.91 bits per heavy atom. The van der Waals surface area contributed by atoms with Crippen LogP contribution in [-0.2, 0) is 11.1 Å². The summed E-state index contributed by atoms with van der Waals surface area (Å²) in [7, 11) is 0. The molecule has 0 saturated heterocycles. The van der Waals surface area contributed by atoms with Gasteiger partial charge in [0.05, 0.1) is 17.6 Å². The standard InChI is InChI=1S/C13H15F2N3.C11H13N3/c14-12(15)8-16-13(5-1-6-13)10-2-3-11-4-7-17-18(11)9-10;12-11(5-1-6-11)9-2-3-10-4-7-13-14(10)8-9/h2-4,7,9,12,16H,1,5-6,8H2;2-4,7-8H,1,5-6,12H2. The van der Waals surface area contributed by atoms with Gasteiger partial charge in [0, 0.05) is 35.9 Å². The highest BCUT2D eigenvalue weighted by atomic mass is 19.3. The first-order chi connectivity index (χ1) is 15.5. The van der Waals surface area contributed by atoms with Crippen molar-refractivity contribution in [1.82, 2.24) is 24.5 Å². The number of alkyl halides is 2. The van der Waals surface area contributed by atoms with Crippen LogP contribution in [0.5, 0.6) is 0 Å². The minimum Gasteiger partial charge on any atom is -0.321 e. The fourth-order valence-electron chi connectivity index (χ4n) is 4.62. The maximum absolute atomic E-state index is 12.4. The maximum Gasteiger partial charge on any atom is 0.250 e. The Morgan fingerprint density at radius 2 is 1.41 bits per heavy atom. The number of nitrogens with two attached hydrogens (primary N) is 1. The highest BCUT2D eigenvalue weighted by molar-refractivity contribution is 5.48. The second-order valence-electron chi connectivity index (χ2n) is 8.95. The van der Waals surface area contributed by atoms with Gasteiger partial charge >= 0.3 is 0 Å². The zero-order valence-electron chi connectivity index (χ0n) is 17.9. The Balaban J connectivity index is 0.000000139. The van der Waals surface area contributed by atoms with Crippen LogP contribution in [0.15, 0.2) is 61.2 Å². The maximum atomic E-state index is 12.4. The summed E-state index contributed by atoms with van der Waals surface area (Å²) in [5.74, 6) is 0. The monoisotopic (exact) mass is 438 g/mol. The molecule has 6 nitrogen and oxygen atoms in total. The lowest BCUT2D eigenvalue weighted by Gasteiger charge is -2.43. The predicted molar refractivity (Wildman–Crippen MR) is 120 cm³/mol. The van der Waals surface area contributed by atoms with E-state index in [1.165, 1.54) is 12.0 Å². The van der Waals surface area contributed by atoms with Crippen LogP contribution in [0.2, 0.25) is 0 Å². The van der Waals surface area contributed by atoms with Crippen LogP contribution < -0.4 is 11.1 Å². The van der Waals surface area contributed by atoms with Crippen molar-refractivity contribution in [3.63, 3.8) is 0 Å². The minimum absolute atomic E-state index is 0.0832. The molecule has 0 amide bonds. The van der Waals surface area contributed by atoms with E-state index in [0.29, 0.717) is 0 Å². The molecule has 0 aromatic carbocycles. The number of fused-ring (bicyclic) bond motifs is 2. The van der Waals surface area contributed by atoms with Crippen LogP contribution in [0, 0.1) is 0 Å². The lowest BCUT2D eigenvalue weighted by molar-refractivity contribution is 0.102.